The van der Waals surface area contributed by atoms with Crippen LogP contribution in [0.4, 0.5) is 0 Å². The maximum Gasteiger partial charge on any atom is 0.0717 e. The Balaban J connectivity index is 1.79. The van der Waals surface area contributed by atoms with Gasteiger partial charge in [0.05, 0.1) is 13.2 Å². The van der Waals surface area contributed by atoms with Gasteiger partial charge in [-0.2, -0.15) is 0 Å². The fraction of sp³-hybridized carbons (Fsp3) is 0.333. The Hall–Kier alpha value is -1.64. The zero-order valence-corrected chi connectivity index (χ0v) is 12.0. The molecule has 2 heteroatoms. The minimum Gasteiger partial charge on any atom is -0.396 e. The van der Waals surface area contributed by atoms with Gasteiger partial charge in [0, 0.05) is 12.5 Å². The molecule has 0 amide bonds. The van der Waals surface area contributed by atoms with Crippen LogP contribution >= 0.6 is 0 Å². The van der Waals surface area contributed by atoms with Crippen LogP contribution in [-0.2, 0) is 17.8 Å². The van der Waals surface area contributed by atoms with Gasteiger partial charge in [-0.3, -0.25) is 0 Å². The minimum atomic E-state index is 0.154. The summed E-state index contributed by atoms with van der Waals surface area (Å²) < 4.78 is 5.71. The van der Waals surface area contributed by atoms with Gasteiger partial charge < -0.3 is 9.84 Å². The summed E-state index contributed by atoms with van der Waals surface area (Å²) in [6.07, 6.45) is 0.853. The average molecular weight is 270 g/mol. The Morgan fingerprint density at radius 3 is 2.30 bits per heavy atom. The largest absolute Gasteiger partial charge is 0.396 e. The van der Waals surface area contributed by atoms with Gasteiger partial charge in [0.1, 0.15) is 0 Å². The Labute approximate surface area is 121 Å². The SMILES string of the molecule is Cc1ccc(CC(CO)COCc2ccccc2)cc1. The molecule has 0 fully saturated rings. The van der Waals surface area contributed by atoms with Crippen LogP contribution in [-0.4, -0.2) is 18.3 Å². The summed E-state index contributed by atoms with van der Waals surface area (Å²) in [5.74, 6) is 0.154. The molecule has 2 nitrogen and oxygen atoms in total. The Kier molecular flexibility index (Phi) is 5.78. The maximum atomic E-state index is 9.46. The highest BCUT2D eigenvalue weighted by Gasteiger charge is 2.09. The van der Waals surface area contributed by atoms with Crippen molar-refractivity contribution in [3.63, 3.8) is 0 Å². The molecule has 1 atom stereocenters. The highest BCUT2D eigenvalue weighted by molar-refractivity contribution is 5.21. The van der Waals surface area contributed by atoms with E-state index >= 15 is 0 Å². The van der Waals surface area contributed by atoms with E-state index in [0.717, 1.165) is 6.42 Å². The molecule has 0 aliphatic carbocycles. The Bertz CT molecular complexity index is 491. The summed E-state index contributed by atoms with van der Waals surface area (Å²) in [5, 5.41) is 9.46. The number of hydrogen-bond donors (Lipinski definition) is 1. The molecular formula is C18H22O2. The first-order valence-electron chi connectivity index (χ1n) is 7.06. The lowest BCUT2D eigenvalue weighted by atomic mass is 10.00. The fourth-order valence-electron chi connectivity index (χ4n) is 2.15. The lowest BCUT2D eigenvalue weighted by Gasteiger charge is -2.15. The summed E-state index contributed by atoms with van der Waals surface area (Å²) in [7, 11) is 0. The molecule has 106 valence electrons. The highest BCUT2D eigenvalue weighted by Crippen LogP contribution is 2.11. The van der Waals surface area contributed by atoms with Crippen molar-refractivity contribution in [1.82, 2.24) is 0 Å². The first kappa shape index (κ1) is 14.8. The van der Waals surface area contributed by atoms with E-state index in [4.69, 9.17) is 4.74 Å². The summed E-state index contributed by atoms with van der Waals surface area (Å²) >= 11 is 0. The predicted molar refractivity (Wildman–Crippen MR) is 81.6 cm³/mol. The van der Waals surface area contributed by atoms with Crippen molar-refractivity contribution >= 4 is 0 Å². The number of aryl methyl sites for hydroxylation is 1. The predicted octanol–water partition coefficient (Wildman–Crippen LogP) is 3.36. The molecule has 0 saturated heterocycles. The summed E-state index contributed by atoms with van der Waals surface area (Å²) in [6, 6.07) is 18.6. The molecule has 0 heterocycles. The number of aliphatic hydroxyl groups is 1. The molecule has 2 aromatic carbocycles. The molecule has 0 aromatic heterocycles. The second-order valence-electron chi connectivity index (χ2n) is 5.24. The van der Waals surface area contributed by atoms with E-state index in [1.54, 1.807) is 0 Å². The van der Waals surface area contributed by atoms with Gasteiger partial charge in [0.25, 0.3) is 0 Å². The van der Waals surface area contributed by atoms with E-state index in [1.165, 1.54) is 16.7 Å². The van der Waals surface area contributed by atoms with Gasteiger partial charge in [-0.15, -0.1) is 0 Å². The van der Waals surface area contributed by atoms with Crippen LogP contribution in [0.2, 0.25) is 0 Å². The van der Waals surface area contributed by atoms with Crippen molar-refractivity contribution in [2.24, 2.45) is 5.92 Å². The van der Waals surface area contributed by atoms with Crippen LogP contribution in [0.1, 0.15) is 16.7 Å². The molecule has 2 rings (SSSR count). The molecule has 1 N–H and O–H groups in total. The van der Waals surface area contributed by atoms with E-state index in [1.807, 2.05) is 30.3 Å². The molecule has 1 unspecified atom stereocenters. The third kappa shape index (κ3) is 4.80. The topological polar surface area (TPSA) is 29.5 Å². The van der Waals surface area contributed by atoms with Gasteiger partial charge >= 0.3 is 0 Å². The molecule has 2 aromatic rings. The lowest BCUT2D eigenvalue weighted by Crippen LogP contribution is -2.16. The summed E-state index contributed by atoms with van der Waals surface area (Å²) in [6.45, 7) is 3.42. The fourth-order valence-corrected chi connectivity index (χ4v) is 2.15. The Morgan fingerprint density at radius 2 is 1.65 bits per heavy atom. The minimum absolute atomic E-state index is 0.154. The molecule has 0 aliphatic rings. The van der Waals surface area contributed by atoms with Crippen LogP contribution in [0.3, 0.4) is 0 Å². The summed E-state index contributed by atoms with van der Waals surface area (Å²) in [4.78, 5) is 0. The Morgan fingerprint density at radius 1 is 0.950 bits per heavy atom. The third-order valence-electron chi connectivity index (χ3n) is 3.37. The highest BCUT2D eigenvalue weighted by atomic mass is 16.5. The number of ether oxygens (including phenoxy) is 1. The van der Waals surface area contributed by atoms with Gasteiger partial charge in [-0.05, 0) is 24.5 Å². The molecule has 0 aliphatic heterocycles. The third-order valence-corrected chi connectivity index (χ3v) is 3.37. The van der Waals surface area contributed by atoms with Gasteiger partial charge in [-0.1, -0.05) is 60.2 Å². The van der Waals surface area contributed by atoms with Crippen molar-refractivity contribution in [3.8, 4) is 0 Å². The molecule has 0 saturated carbocycles. The van der Waals surface area contributed by atoms with Crippen LogP contribution in [0.15, 0.2) is 54.6 Å². The average Bonchev–Trinajstić information content (AvgIpc) is 2.49. The molecule has 20 heavy (non-hydrogen) atoms. The van der Waals surface area contributed by atoms with Gasteiger partial charge in [-0.25, -0.2) is 0 Å². The smallest absolute Gasteiger partial charge is 0.0717 e. The van der Waals surface area contributed by atoms with E-state index in [0.29, 0.717) is 13.2 Å². The lowest BCUT2D eigenvalue weighted by molar-refractivity contribution is 0.0630. The summed E-state index contributed by atoms with van der Waals surface area (Å²) in [5.41, 5.74) is 3.67. The second kappa shape index (κ2) is 7.83. The van der Waals surface area contributed by atoms with Crippen molar-refractivity contribution in [2.75, 3.05) is 13.2 Å². The first-order chi connectivity index (χ1) is 9.78. The quantitative estimate of drug-likeness (QED) is 0.836. The van der Waals surface area contributed by atoms with Crippen LogP contribution in [0.5, 0.6) is 0 Å². The van der Waals surface area contributed by atoms with E-state index in [9.17, 15) is 5.11 Å². The van der Waals surface area contributed by atoms with Crippen molar-refractivity contribution in [3.05, 3.63) is 71.3 Å². The van der Waals surface area contributed by atoms with Gasteiger partial charge in [0.15, 0.2) is 0 Å². The number of benzene rings is 2. The molecule has 0 spiro atoms. The number of rotatable bonds is 7. The monoisotopic (exact) mass is 270 g/mol. The van der Waals surface area contributed by atoms with E-state index in [-0.39, 0.29) is 12.5 Å². The van der Waals surface area contributed by atoms with E-state index < -0.39 is 0 Å². The van der Waals surface area contributed by atoms with E-state index in [2.05, 4.69) is 31.2 Å². The normalized spacial score (nSPS) is 12.3. The van der Waals surface area contributed by atoms with Crippen LogP contribution in [0.25, 0.3) is 0 Å². The maximum absolute atomic E-state index is 9.46. The van der Waals surface area contributed by atoms with Crippen LogP contribution < -0.4 is 0 Å². The second-order valence-corrected chi connectivity index (χ2v) is 5.24. The van der Waals surface area contributed by atoms with Crippen molar-refractivity contribution < 1.29 is 9.84 Å². The van der Waals surface area contributed by atoms with Crippen LogP contribution in [0, 0.1) is 12.8 Å². The zero-order valence-electron chi connectivity index (χ0n) is 12.0. The van der Waals surface area contributed by atoms with Gasteiger partial charge in [0.2, 0.25) is 0 Å². The number of aliphatic hydroxyl groups excluding tert-OH is 1. The molecule has 0 radical (unpaired) electrons. The molecule has 0 bridgehead atoms. The standard InChI is InChI=1S/C18H22O2/c1-15-7-9-16(10-8-15)11-18(12-19)14-20-13-17-5-3-2-4-6-17/h2-10,18-19H,11-14H2,1H3. The number of hydrogen-bond acceptors (Lipinski definition) is 2. The first-order valence-corrected chi connectivity index (χ1v) is 7.06. The van der Waals surface area contributed by atoms with Crippen molar-refractivity contribution in [1.29, 1.82) is 0 Å². The zero-order chi connectivity index (χ0) is 14.2. The van der Waals surface area contributed by atoms with Crippen molar-refractivity contribution in [2.45, 2.75) is 20.0 Å². The molecular weight excluding hydrogens is 248 g/mol.